The first-order chi connectivity index (χ1) is 10.1. The van der Waals surface area contributed by atoms with E-state index < -0.39 is 17.8 Å². The number of nitrogens with zero attached hydrogens (tertiary/aromatic N) is 1. The third-order valence-electron chi connectivity index (χ3n) is 3.59. The maximum atomic E-state index is 12.5. The number of carboxylic acid groups (broad SMARTS) is 1. The van der Waals surface area contributed by atoms with Gasteiger partial charge in [-0.15, -0.1) is 0 Å². The SMILES string of the molecule is O=C(O)[C@@H]1C[C@@H]1C(=O)N(Cc1ccco1)Cc1ccco1. The van der Waals surface area contributed by atoms with Crippen molar-refractivity contribution in [2.45, 2.75) is 19.5 Å². The third kappa shape index (κ3) is 2.99. The molecule has 6 nitrogen and oxygen atoms in total. The van der Waals surface area contributed by atoms with Gasteiger partial charge in [-0.3, -0.25) is 9.59 Å². The lowest BCUT2D eigenvalue weighted by molar-refractivity contribution is -0.142. The summed E-state index contributed by atoms with van der Waals surface area (Å²) in [6.45, 7) is 0.602. The fraction of sp³-hybridized carbons (Fsp3) is 0.333. The average Bonchev–Trinajstić information content (AvgIpc) is 2.85. The Bertz CT molecular complexity index is 580. The number of aliphatic carboxylic acids is 1. The molecule has 0 spiro atoms. The summed E-state index contributed by atoms with van der Waals surface area (Å²) in [5, 5.41) is 8.96. The molecule has 21 heavy (non-hydrogen) atoms. The molecule has 0 unspecified atom stereocenters. The molecule has 0 bridgehead atoms. The zero-order chi connectivity index (χ0) is 14.8. The minimum atomic E-state index is -0.913. The zero-order valence-electron chi connectivity index (χ0n) is 11.3. The van der Waals surface area contributed by atoms with Crippen LogP contribution in [0.2, 0.25) is 0 Å². The molecule has 1 fully saturated rings. The molecule has 1 amide bonds. The van der Waals surface area contributed by atoms with Gasteiger partial charge in [0.15, 0.2) is 0 Å². The van der Waals surface area contributed by atoms with E-state index in [-0.39, 0.29) is 5.91 Å². The van der Waals surface area contributed by atoms with Crippen LogP contribution in [0.3, 0.4) is 0 Å². The summed E-state index contributed by atoms with van der Waals surface area (Å²) in [7, 11) is 0. The number of hydrogen-bond acceptors (Lipinski definition) is 4. The van der Waals surface area contributed by atoms with Crippen molar-refractivity contribution in [2.24, 2.45) is 11.8 Å². The molecule has 1 saturated carbocycles. The van der Waals surface area contributed by atoms with Gasteiger partial charge in [0.25, 0.3) is 0 Å². The Morgan fingerprint density at radius 2 is 1.67 bits per heavy atom. The zero-order valence-corrected chi connectivity index (χ0v) is 11.3. The van der Waals surface area contributed by atoms with Crippen LogP contribution in [0.15, 0.2) is 45.6 Å². The molecule has 2 aromatic heterocycles. The van der Waals surface area contributed by atoms with Crippen LogP contribution in [0.25, 0.3) is 0 Å². The van der Waals surface area contributed by atoms with Crippen LogP contribution in [-0.2, 0) is 22.7 Å². The molecule has 0 aliphatic heterocycles. The van der Waals surface area contributed by atoms with E-state index in [9.17, 15) is 9.59 Å². The highest BCUT2D eigenvalue weighted by molar-refractivity contribution is 5.89. The van der Waals surface area contributed by atoms with E-state index in [0.29, 0.717) is 31.0 Å². The van der Waals surface area contributed by atoms with E-state index in [1.54, 1.807) is 41.7 Å². The Balaban J connectivity index is 1.72. The second-order valence-corrected chi connectivity index (χ2v) is 5.14. The van der Waals surface area contributed by atoms with Gasteiger partial charge in [0, 0.05) is 0 Å². The number of carbonyl (C=O) groups is 2. The predicted octanol–water partition coefficient (Wildman–Crippen LogP) is 2.12. The van der Waals surface area contributed by atoms with Crippen LogP contribution in [-0.4, -0.2) is 21.9 Å². The molecule has 2 heterocycles. The number of carboxylic acids is 1. The van der Waals surface area contributed by atoms with Gasteiger partial charge in [0.2, 0.25) is 5.91 Å². The molecule has 0 saturated heterocycles. The lowest BCUT2D eigenvalue weighted by Crippen LogP contribution is -2.32. The van der Waals surface area contributed by atoms with Gasteiger partial charge in [-0.05, 0) is 30.7 Å². The summed E-state index contributed by atoms with van der Waals surface area (Å²) in [6, 6.07) is 7.07. The van der Waals surface area contributed by atoms with Crippen LogP contribution in [0.5, 0.6) is 0 Å². The van der Waals surface area contributed by atoms with Gasteiger partial charge in [-0.2, -0.15) is 0 Å². The highest BCUT2D eigenvalue weighted by Gasteiger charge is 2.49. The fourth-order valence-corrected chi connectivity index (χ4v) is 2.37. The van der Waals surface area contributed by atoms with Gasteiger partial charge in [-0.25, -0.2) is 0 Å². The van der Waals surface area contributed by atoms with Gasteiger partial charge >= 0.3 is 5.97 Å². The Hall–Kier alpha value is -2.50. The normalized spacial score (nSPS) is 20.2. The minimum absolute atomic E-state index is 0.171. The van der Waals surface area contributed by atoms with Crippen molar-refractivity contribution in [2.75, 3.05) is 0 Å². The van der Waals surface area contributed by atoms with E-state index in [0.717, 1.165) is 0 Å². The first kappa shape index (κ1) is 13.5. The standard InChI is InChI=1S/C15H15NO5/c17-14(12-7-13(12)15(18)19)16(8-10-3-1-5-20-10)9-11-4-2-6-21-11/h1-6,12-13H,7-9H2,(H,18,19)/t12-,13+/m0/s1. The third-order valence-corrected chi connectivity index (χ3v) is 3.59. The second-order valence-electron chi connectivity index (χ2n) is 5.14. The van der Waals surface area contributed by atoms with Crippen molar-refractivity contribution in [3.05, 3.63) is 48.3 Å². The molecular formula is C15H15NO5. The fourth-order valence-electron chi connectivity index (χ4n) is 2.37. The molecule has 2 aromatic rings. The molecular weight excluding hydrogens is 274 g/mol. The van der Waals surface area contributed by atoms with Crippen molar-refractivity contribution in [3.63, 3.8) is 0 Å². The molecule has 3 rings (SSSR count). The lowest BCUT2D eigenvalue weighted by Gasteiger charge is -2.20. The molecule has 6 heteroatoms. The first-order valence-electron chi connectivity index (χ1n) is 6.71. The molecule has 1 aliphatic rings. The molecule has 1 aliphatic carbocycles. The molecule has 0 aromatic carbocycles. The number of furan rings is 2. The average molecular weight is 289 g/mol. The molecule has 110 valence electrons. The highest BCUT2D eigenvalue weighted by Crippen LogP contribution is 2.40. The van der Waals surface area contributed by atoms with Crippen LogP contribution >= 0.6 is 0 Å². The molecule has 0 radical (unpaired) electrons. The first-order valence-corrected chi connectivity index (χ1v) is 6.71. The Labute approximate surface area is 121 Å². The van der Waals surface area contributed by atoms with Crippen LogP contribution in [0.4, 0.5) is 0 Å². The Morgan fingerprint density at radius 3 is 2.05 bits per heavy atom. The maximum Gasteiger partial charge on any atom is 0.307 e. The van der Waals surface area contributed by atoms with Gasteiger partial charge in [0.05, 0.1) is 37.5 Å². The highest BCUT2D eigenvalue weighted by atomic mass is 16.4. The van der Waals surface area contributed by atoms with Crippen molar-refractivity contribution < 1.29 is 23.5 Å². The Morgan fingerprint density at radius 1 is 1.10 bits per heavy atom. The lowest BCUT2D eigenvalue weighted by atomic mass is 10.2. The minimum Gasteiger partial charge on any atom is -0.481 e. The summed E-state index contributed by atoms with van der Waals surface area (Å²) in [6.07, 6.45) is 3.49. The topological polar surface area (TPSA) is 83.9 Å². The predicted molar refractivity (Wildman–Crippen MR) is 70.9 cm³/mol. The van der Waals surface area contributed by atoms with Crippen molar-refractivity contribution >= 4 is 11.9 Å². The van der Waals surface area contributed by atoms with E-state index in [1.165, 1.54) is 0 Å². The van der Waals surface area contributed by atoms with E-state index in [2.05, 4.69) is 0 Å². The van der Waals surface area contributed by atoms with Crippen LogP contribution in [0.1, 0.15) is 17.9 Å². The van der Waals surface area contributed by atoms with E-state index in [4.69, 9.17) is 13.9 Å². The monoisotopic (exact) mass is 289 g/mol. The van der Waals surface area contributed by atoms with Crippen molar-refractivity contribution in [1.29, 1.82) is 0 Å². The summed E-state index contributed by atoms with van der Waals surface area (Å²) < 4.78 is 10.5. The maximum absolute atomic E-state index is 12.5. The summed E-state index contributed by atoms with van der Waals surface area (Å²) in [4.78, 5) is 25.0. The summed E-state index contributed by atoms with van der Waals surface area (Å²) in [5.74, 6) is -0.773. The number of hydrogen-bond donors (Lipinski definition) is 1. The van der Waals surface area contributed by atoms with Gasteiger partial charge in [0.1, 0.15) is 11.5 Å². The second kappa shape index (κ2) is 5.47. The quantitative estimate of drug-likeness (QED) is 0.880. The summed E-state index contributed by atoms with van der Waals surface area (Å²) in [5.41, 5.74) is 0. The number of carbonyl (C=O) groups excluding carboxylic acids is 1. The van der Waals surface area contributed by atoms with E-state index in [1.807, 2.05) is 0 Å². The number of amides is 1. The smallest absolute Gasteiger partial charge is 0.307 e. The largest absolute Gasteiger partial charge is 0.481 e. The summed E-state index contributed by atoms with van der Waals surface area (Å²) >= 11 is 0. The van der Waals surface area contributed by atoms with E-state index >= 15 is 0 Å². The van der Waals surface area contributed by atoms with Gasteiger partial charge in [-0.1, -0.05) is 0 Å². The molecule has 2 atom stereocenters. The van der Waals surface area contributed by atoms with Crippen molar-refractivity contribution in [3.8, 4) is 0 Å². The Kier molecular flexibility index (Phi) is 3.51. The van der Waals surface area contributed by atoms with Crippen LogP contribution < -0.4 is 0 Å². The molecule has 1 N–H and O–H groups in total. The number of rotatable bonds is 6. The van der Waals surface area contributed by atoms with Crippen molar-refractivity contribution in [1.82, 2.24) is 4.90 Å². The van der Waals surface area contributed by atoms with Gasteiger partial charge < -0.3 is 18.8 Å². The van der Waals surface area contributed by atoms with Crippen LogP contribution in [0, 0.1) is 11.8 Å².